The molecule has 6 aromatic rings. The van der Waals surface area contributed by atoms with Gasteiger partial charge in [0.25, 0.3) is 5.56 Å². The zero-order chi connectivity index (χ0) is 43.2. The average Bonchev–Trinajstić information content (AvgIpc) is 3.93. The summed E-state index contributed by atoms with van der Waals surface area (Å²) >= 11 is 1.05. The van der Waals surface area contributed by atoms with Crippen LogP contribution < -0.4 is 21.6 Å². The van der Waals surface area contributed by atoms with Crippen LogP contribution in [0.5, 0.6) is 0 Å². The van der Waals surface area contributed by atoms with Gasteiger partial charge in [-0.05, 0) is 47.5 Å². The van der Waals surface area contributed by atoms with Crippen LogP contribution >= 0.6 is 20.0 Å². The minimum atomic E-state index is -2.91. The number of fused-ring (bicyclic) bond motifs is 2. The van der Waals surface area contributed by atoms with Crippen molar-refractivity contribution in [2.75, 3.05) is 31.3 Å². The van der Waals surface area contributed by atoms with Crippen LogP contribution in [0.1, 0.15) is 43.7 Å². The molecule has 1 unspecified atom stereocenters. The Morgan fingerprint density at radius 2 is 1.54 bits per heavy atom. The number of aromatic nitrogens is 4. The Bertz CT molecular complexity index is 2390. The number of anilines is 1. The lowest BCUT2D eigenvalue weighted by atomic mass is 9.79. The molecule has 5 atom stereocenters. The zero-order valence-corrected chi connectivity index (χ0v) is 35.4. The standard InChI is InChI=1S/C26H27O5PS.C17H18BN5O5/c1-25(2,24(27)33-19-18-31-32(28)29)20-30-26(21-12-6-3-7-13-21,22-14-8-4-9-15-22)23-16-10-5-11-17-23;1-17-12(27-18(28-17)9-5-3-2-4-6-9)10(7-24)26-15(17)23-8-20-11-13(23)21-16(19)22-14(11)25/h3-17H,18-20H2,1-2H3;2-6,8,10,12,15,24H,7H2,1H3,(H3,19,21,22,25)/t;10-,12-,15-,17-/m.1/s1. The van der Waals surface area contributed by atoms with E-state index in [1.54, 1.807) is 4.57 Å². The SMILES string of the molecule is CC(C)(COC(c1ccccc1)(c1ccccc1)c1ccccc1)C(=O)SCCO[P+](=O)[O-].C[C@@]12OB(c3ccccc3)O[C@@H]1[C@@H](CO)O[C@H]2n1cnc2c(=O)[nH]c(N)nc21. The van der Waals surface area contributed by atoms with Crippen LogP contribution in [0.2, 0.25) is 0 Å². The first kappa shape index (κ1) is 44.0. The number of aromatic amines is 1. The molecule has 0 bridgehead atoms. The Morgan fingerprint density at radius 1 is 0.984 bits per heavy atom. The van der Waals surface area contributed by atoms with E-state index in [0.29, 0.717) is 0 Å². The highest BCUT2D eigenvalue weighted by atomic mass is 32.2. The predicted molar refractivity (Wildman–Crippen MR) is 230 cm³/mol. The number of nitrogens with one attached hydrogen (secondary N) is 1. The van der Waals surface area contributed by atoms with E-state index in [0.717, 1.165) is 33.9 Å². The van der Waals surface area contributed by atoms with Gasteiger partial charge in [0, 0.05) is 5.75 Å². The second-order valence-electron chi connectivity index (χ2n) is 15.2. The van der Waals surface area contributed by atoms with Crippen LogP contribution in [0.25, 0.3) is 11.2 Å². The van der Waals surface area contributed by atoms with Crippen LogP contribution in [0.3, 0.4) is 0 Å². The summed E-state index contributed by atoms with van der Waals surface area (Å²) in [4.78, 5) is 46.3. The van der Waals surface area contributed by atoms with Crippen LogP contribution in [-0.2, 0) is 38.3 Å². The highest BCUT2D eigenvalue weighted by molar-refractivity contribution is 8.13. The first-order chi connectivity index (χ1) is 29.4. The molecule has 61 heavy (non-hydrogen) atoms. The Kier molecular flexibility index (Phi) is 13.6. The van der Waals surface area contributed by atoms with Crippen molar-refractivity contribution in [3.8, 4) is 0 Å². The Labute approximate surface area is 357 Å². The number of aliphatic hydroxyl groups is 1. The lowest BCUT2D eigenvalue weighted by Gasteiger charge is -2.38. The minimum Gasteiger partial charge on any atom is -0.566 e. The van der Waals surface area contributed by atoms with Crippen molar-refractivity contribution in [3.63, 3.8) is 0 Å². The van der Waals surface area contributed by atoms with Crippen molar-refractivity contribution in [1.82, 2.24) is 19.5 Å². The third kappa shape index (κ3) is 9.26. The topological polar surface area (TPSA) is 213 Å². The van der Waals surface area contributed by atoms with E-state index < -0.39 is 56.0 Å². The van der Waals surface area contributed by atoms with Crippen molar-refractivity contribution in [3.05, 3.63) is 155 Å². The molecule has 0 amide bonds. The Hall–Kier alpha value is -5.07. The summed E-state index contributed by atoms with van der Waals surface area (Å²) in [6, 6.07) is 39.5. The molecule has 4 aromatic carbocycles. The molecular weight excluding hydrogens is 820 g/mol. The van der Waals surface area contributed by atoms with Crippen molar-refractivity contribution in [2.45, 2.75) is 50.4 Å². The largest absolute Gasteiger partial charge is 0.566 e. The highest BCUT2D eigenvalue weighted by Gasteiger charge is 2.63. The molecule has 4 N–H and O–H groups in total. The fraction of sp³-hybridized carbons (Fsp3) is 0.302. The summed E-state index contributed by atoms with van der Waals surface area (Å²) in [5.74, 6) is 0.232. The van der Waals surface area contributed by atoms with Gasteiger partial charge in [-0.25, -0.2) is 4.98 Å². The number of carbonyl (C=O) groups excluding carboxylic acids is 1. The quantitative estimate of drug-likeness (QED) is 0.0597. The van der Waals surface area contributed by atoms with Crippen molar-refractivity contribution in [2.24, 2.45) is 5.41 Å². The number of nitrogen functional groups attached to an aromatic ring is 1. The molecule has 0 radical (unpaired) electrons. The van der Waals surface area contributed by atoms with Gasteiger partial charge < -0.3 is 34.5 Å². The van der Waals surface area contributed by atoms with E-state index >= 15 is 0 Å². The van der Waals surface area contributed by atoms with Gasteiger partial charge in [0.2, 0.25) is 5.95 Å². The molecule has 316 valence electrons. The number of ether oxygens (including phenoxy) is 2. The highest BCUT2D eigenvalue weighted by Crippen LogP contribution is 2.47. The number of aliphatic hydroxyl groups excluding tert-OH is 1. The maximum Gasteiger partial charge on any atom is 0.494 e. The van der Waals surface area contributed by atoms with Gasteiger partial charge in [-0.15, -0.1) is 4.52 Å². The van der Waals surface area contributed by atoms with E-state index in [2.05, 4.69) is 19.5 Å². The molecule has 2 aliphatic rings. The number of nitrogens with zero attached hydrogens (tertiary/aromatic N) is 3. The molecule has 15 nitrogen and oxygen atoms in total. The van der Waals surface area contributed by atoms with Gasteiger partial charge in [-0.1, -0.05) is 133 Å². The van der Waals surface area contributed by atoms with Crippen molar-refractivity contribution >= 4 is 54.8 Å². The third-order valence-corrected chi connectivity index (χ3v) is 12.1. The molecular formula is C43H45BN5O10PS. The fourth-order valence-corrected chi connectivity index (χ4v) is 8.70. The molecule has 4 heterocycles. The second-order valence-corrected chi connectivity index (χ2v) is 17.0. The third-order valence-electron chi connectivity index (χ3n) is 10.5. The van der Waals surface area contributed by atoms with Crippen LogP contribution in [0.15, 0.2) is 132 Å². The summed E-state index contributed by atoms with van der Waals surface area (Å²) in [6.45, 7) is 5.40. The molecule has 0 spiro atoms. The van der Waals surface area contributed by atoms with Crippen LogP contribution in [0, 0.1) is 5.41 Å². The van der Waals surface area contributed by atoms with Crippen molar-refractivity contribution < 1.29 is 42.7 Å². The molecule has 8 rings (SSSR count). The molecule has 18 heteroatoms. The zero-order valence-electron chi connectivity index (χ0n) is 33.7. The fourth-order valence-electron chi connectivity index (χ4n) is 7.53. The summed E-state index contributed by atoms with van der Waals surface area (Å²) in [5, 5.41) is 9.74. The predicted octanol–water partition coefficient (Wildman–Crippen LogP) is 4.48. The maximum absolute atomic E-state index is 12.9. The number of H-pyrrole nitrogens is 1. The number of carbonyl (C=O) groups is 1. The number of benzene rings is 4. The Balaban J connectivity index is 0.000000186. The lowest BCUT2D eigenvalue weighted by Crippen LogP contribution is -2.42. The monoisotopic (exact) mass is 865 g/mol. The number of hydrogen-bond acceptors (Lipinski definition) is 14. The van der Waals surface area contributed by atoms with Gasteiger partial charge in [0.15, 0.2) is 22.5 Å². The van der Waals surface area contributed by atoms with Gasteiger partial charge in [-0.3, -0.25) is 19.1 Å². The van der Waals surface area contributed by atoms with E-state index in [4.69, 9.17) is 24.5 Å². The molecule has 2 aromatic heterocycles. The van der Waals surface area contributed by atoms with E-state index in [1.807, 2.05) is 142 Å². The molecule has 2 saturated heterocycles. The number of imidazole rings is 1. The van der Waals surface area contributed by atoms with E-state index in [9.17, 15) is 24.2 Å². The number of rotatable bonds is 14. The number of hydrogen-bond donors (Lipinski definition) is 3. The maximum atomic E-state index is 12.9. The summed E-state index contributed by atoms with van der Waals surface area (Å²) in [5.41, 5.74) is 6.77. The first-order valence-corrected chi connectivity index (χ1v) is 21.6. The van der Waals surface area contributed by atoms with E-state index in [-0.39, 0.29) is 47.8 Å². The number of thioether (sulfide) groups is 1. The average molecular weight is 866 g/mol. The van der Waals surface area contributed by atoms with Gasteiger partial charge in [0.1, 0.15) is 30.0 Å². The smallest absolute Gasteiger partial charge is 0.494 e. The molecule has 2 fully saturated rings. The summed E-state index contributed by atoms with van der Waals surface area (Å²) < 4.78 is 41.9. The van der Waals surface area contributed by atoms with Gasteiger partial charge in [-0.2, -0.15) is 4.98 Å². The lowest BCUT2D eigenvalue weighted by molar-refractivity contribution is -0.185. The molecule has 2 aliphatic heterocycles. The molecule has 0 saturated carbocycles. The Morgan fingerprint density at radius 3 is 2.08 bits per heavy atom. The van der Waals surface area contributed by atoms with Gasteiger partial charge >= 0.3 is 15.4 Å². The molecule has 0 aliphatic carbocycles. The number of nitrogens with two attached hydrogens (primary N) is 1. The second kappa shape index (κ2) is 18.9. The minimum absolute atomic E-state index is 0.0246. The van der Waals surface area contributed by atoms with E-state index in [1.165, 1.54) is 6.33 Å². The van der Waals surface area contributed by atoms with Crippen molar-refractivity contribution in [1.29, 1.82) is 0 Å². The van der Waals surface area contributed by atoms with Gasteiger partial charge in [0.05, 0.1) is 25.0 Å². The normalized spacial score (nSPS) is 20.2. The first-order valence-electron chi connectivity index (χ1n) is 19.5. The van der Waals surface area contributed by atoms with Crippen LogP contribution in [-0.4, -0.2) is 80.2 Å². The van der Waals surface area contributed by atoms with Crippen LogP contribution in [0.4, 0.5) is 5.95 Å². The summed E-state index contributed by atoms with van der Waals surface area (Å²) in [7, 11) is -3.51. The summed E-state index contributed by atoms with van der Waals surface area (Å²) in [6.07, 6.45) is -0.398.